The topological polar surface area (TPSA) is 66.9 Å². The summed E-state index contributed by atoms with van der Waals surface area (Å²) in [4.78, 5) is 20.8. The van der Waals surface area contributed by atoms with Crippen LogP contribution in [0.15, 0.2) is 73.3 Å². The zero-order valence-corrected chi connectivity index (χ0v) is 14.1. The first-order chi connectivity index (χ1) is 12.7. The molecule has 6 heteroatoms. The van der Waals surface area contributed by atoms with Crippen LogP contribution < -0.4 is 10.6 Å². The molecule has 3 aromatic rings. The molecule has 3 rings (SSSR count). The third-order valence-corrected chi connectivity index (χ3v) is 3.87. The standard InChI is InChI=1S/C20H19FN4O/c21-18-7-1-6-17(10-18)19(24-13-15-4-2-8-22-11-15)20(26)25-14-16-5-3-9-23-12-16/h1-12,19,24H,13-14H2,(H,25,26). The number of benzene rings is 1. The lowest BCUT2D eigenvalue weighted by molar-refractivity contribution is -0.123. The molecule has 1 amide bonds. The van der Waals surface area contributed by atoms with Gasteiger partial charge in [-0.2, -0.15) is 0 Å². The Labute approximate surface area is 151 Å². The Balaban J connectivity index is 1.72. The van der Waals surface area contributed by atoms with Crippen molar-refractivity contribution in [1.29, 1.82) is 0 Å². The van der Waals surface area contributed by atoms with Crippen molar-refractivity contribution in [1.82, 2.24) is 20.6 Å². The molecule has 0 aliphatic carbocycles. The predicted molar refractivity (Wildman–Crippen MR) is 96.3 cm³/mol. The Hall–Kier alpha value is -3.12. The predicted octanol–water partition coefficient (Wildman–Crippen LogP) is 2.76. The fourth-order valence-corrected chi connectivity index (χ4v) is 2.56. The molecule has 26 heavy (non-hydrogen) atoms. The molecule has 2 heterocycles. The van der Waals surface area contributed by atoms with Crippen molar-refractivity contribution in [2.24, 2.45) is 0 Å². The minimum atomic E-state index is -0.678. The van der Waals surface area contributed by atoms with Crippen LogP contribution in [-0.2, 0) is 17.9 Å². The van der Waals surface area contributed by atoms with Gasteiger partial charge in [0.1, 0.15) is 11.9 Å². The molecule has 2 aromatic heterocycles. The fraction of sp³-hybridized carbons (Fsp3) is 0.150. The average Bonchev–Trinajstić information content (AvgIpc) is 2.68. The van der Waals surface area contributed by atoms with Gasteiger partial charge in [-0.25, -0.2) is 4.39 Å². The van der Waals surface area contributed by atoms with Gasteiger partial charge in [0.15, 0.2) is 0 Å². The zero-order chi connectivity index (χ0) is 18.2. The first-order valence-electron chi connectivity index (χ1n) is 8.27. The highest BCUT2D eigenvalue weighted by Gasteiger charge is 2.20. The summed E-state index contributed by atoms with van der Waals surface area (Å²) in [7, 11) is 0. The summed E-state index contributed by atoms with van der Waals surface area (Å²) in [6.07, 6.45) is 6.79. The van der Waals surface area contributed by atoms with E-state index >= 15 is 0 Å². The van der Waals surface area contributed by atoms with Gasteiger partial charge in [0.25, 0.3) is 0 Å². The molecule has 0 bridgehead atoms. The minimum absolute atomic E-state index is 0.233. The van der Waals surface area contributed by atoms with Gasteiger partial charge in [-0.05, 0) is 41.0 Å². The van der Waals surface area contributed by atoms with E-state index < -0.39 is 6.04 Å². The van der Waals surface area contributed by atoms with Gasteiger partial charge in [0.2, 0.25) is 5.91 Å². The highest BCUT2D eigenvalue weighted by atomic mass is 19.1. The molecule has 1 unspecified atom stereocenters. The van der Waals surface area contributed by atoms with Gasteiger partial charge < -0.3 is 5.32 Å². The molecule has 0 radical (unpaired) electrons. The van der Waals surface area contributed by atoms with Crippen molar-refractivity contribution in [2.45, 2.75) is 19.1 Å². The van der Waals surface area contributed by atoms with Crippen LogP contribution in [-0.4, -0.2) is 15.9 Å². The van der Waals surface area contributed by atoms with Crippen molar-refractivity contribution in [3.8, 4) is 0 Å². The van der Waals surface area contributed by atoms with E-state index in [4.69, 9.17) is 0 Å². The Morgan fingerprint density at radius 2 is 1.65 bits per heavy atom. The lowest BCUT2D eigenvalue weighted by Gasteiger charge is -2.19. The van der Waals surface area contributed by atoms with Gasteiger partial charge in [-0.15, -0.1) is 0 Å². The molecule has 132 valence electrons. The molecule has 0 aliphatic heterocycles. The van der Waals surface area contributed by atoms with E-state index in [1.165, 1.54) is 12.1 Å². The molecular formula is C20H19FN4O. The molecule has 0 fully saturated rings. The number of halogens is 1. The summed E-state index contributed by atoms with van der Waals surface area (Å²) in [6.45, 7) is 0.794. The maximum Gasteiger partial charge on any atom is 0.242 e. The largest absolute Gasteiger partial charge is 0.350 e. The minimum Gasteiger partial charge on any atom is -0.350 e. The van der Waals surface area contributed by atoms with Crippen LogP contribution in [0.25, 0.3) is 0 Å². The van der Waals surface area contributed by atoms with E-state index in [9.17, 15) is 9.18 Å². The van der Waals surface area contributed by atoms with Crippen LogP contribution in [0.1, 0.15) is 22.7 Å². The fourth-order valence-electron chi connectivity index (χ4n) is 2.56. The van der Waals surface area contributed by atoms with E-state index in [2.05, 4.69) is 20.6 Å². The number of nitrogens with one attached hydrogen (secondary N) is 2. The first-order valence-corrected chi connectivity index (χ1v) is 8.27. The number of carbonyl (C=O) groups is 1. The monoisotopic (exact) mass is 350 g/mol. The van der Waals surface area contributed by atoms with Gasteiger partial charge in [-0.1, -0.05) is 24.3 Å². The summed E-state index contributed by atoms with van der Waals surface area (Å²) in [5.41, 5.74) is 2.40. The Bertz CT molecular complexity index is 843. The third kappa shape index (κ3) is 4.94. The zero-order valence-electron chi connectivity index (χ0n) is 14.1. The highest BCUT2D eigenvalue weighted by Crippen LogP contribution is 2.16. The number of pyridine rings is 2. The van der Waals surface area contributed by atoms with Crippen molar-refractivity contribution < 1.29 is 9.18 Å². The summed E-state index contributed by atoms with van der Waals surface area (Å²) in [5.74, 6) is -0.612. The molecule has 2 N–H and O–H groups in total. The Kier molecular flexibility index (Phi) is 6.01. The lowest BCUT2D eigenvalue weighted by Crippen LogP contribution is -2.37. The second-order valence-corrected chi connectivity index (χ2v) is 5.81. The molecular weight excluding hydrogens is 331 g/mol. The summed E-state index contributed by atoms with van der Waals surface area (Å²) in [6, 6.07) is 12.8. The molecule has 0 spiro atoms. The van der Waals surface area contributed by atoms with E-state index in [0.29, 0.717) is 18.7 Å². The van der Waals surface area contributed by atoms with Crippen LogP contribution in [0.4, 0.5) is 4.39 Å². The van der Waals surface area contributed by atoms with Crippen molar-refractivity contribution in [2.75, 3.05) is 0 Å². The summed E-state index contributed by atoms with van der Waals surface area (Å²) in [5, 5.41) is 6.06. The van der Waals surface area contributed by atoms with Crippen LogP contribution >= 0.6 is 0 Å². The Morgan fingerprint density at radius 1 is 0.962 bits per heavy atom. The van der Waals surface area contributed by atoms with Crippen LogP contribution in [0.5, 0.6) is 0 Å². The second kappa shape index (κ2) is 8.82. The van der Waals surface area contributed by atoms with Crippen molar-refractivity contribution in [3.05, 3.63) is 95.8 Å². The number of hydrogen-bond donors (Lipinski definition) is 2. The van der Waals surface area contributed by atoms with Gasteiger partial charge >= 0.3 is 0 Å². The van der Waals surface area contributed by atoms with Gasteiger partial charge in [-0.3, -0.25) is 20.1 Å². The molecule has 0 saturated carbocycles. The normalized spacial score (nSPS) is 11.7. The van der Waals surface area contributed by atoms with E-state index in [0.717, 1.165) is 11.1 Å². The molecule has 0 saturated heterocycles. The average molecular weight is 350 g/mol. The van der Waals surface area contributed by atoms with Crippen LogP contribution in [0.3, 0.4) is 0 Å². The van der Waals surface area contributed by atoms with Gasteiger partial charge in [0, 0.05) is 37.9 Å². The number of carbonyl (C=O) groups excluding carboxylic acids is 1. The number of rotatable bonds is 7. The number of aromatic nitrogens is 2. The summed E-state index contributed by atoms with van der Waals surface area (Å²) >= 11 is 0. The third-order valence-electron chi connectivity index (χ3n) is 3.87. The van der Waals surface area contributed by atoms with Crippen LogP contribution in [0, 0.1) is 5.82 Å². The smallest absolute Gasteiger partial charge is 0.242 e. The molecule has 0 aliphatic rings. The SMILES string of the molecule is O=C(NCc1cccnc1)C(NCc1cccnc1)c1cccc(F)c1. The number of nitrogens with zero attached hydrogens (tertiary/aromatic N) is 2. The molecule has 1 aromatic carbocycles. The number of hydrogen-bond acceptors (Lipinski definition) is 4. The molecule has 5 nitrogen and oxygen atoms in total. The van der Waals surface area contributed by atoms with Crippen molar-refractivity contribution >= 4 is 5.91 Å². The Morgan fingerprint density at radius 3 is 2.27 bits per heavy atom. The van der Waals surface area contributed by atoms with E-state index in [1.54, 1.807) is 36.9 Å². The summed E-state index contributed by atoms with van der Waals surface area (Å²) < 4.78 is 13.6. The maximum absolute atomic E-state index is 13.6. The first kappa shape index (κ1) is 17.7. The van der Waals surface area contributed by atoms with E-state index in [-0.39, 0.29) is 11.7 Å². The van der Waals surface area contributed by atoms with E-state index in [1.807, 2.05) is 24.3 Å². The van der Waals surface area contributed by atoms with Crippen LogP contribution in [0.2, 0.25) is 0 Å². The lowest BCUT2D eigenvalue weighted by atomic mass is 10.1. The number of amides is 1. The maximum atomic E-state index is 13.6. The molecule has 1 atom stereocenters. The second-order valence-electron chi connectivity index (χ2n) is 5.81. The van der Waals surface area contributed by atoms with Crippen molar-refractivity contribution in [3.63, 3.8) is 0 Å². The quantitative estimate of drug-likeness (QED) is 0.688. The van der Waals surface area contributed by atoms with Gasteiger partial charge in [0.05, 0.1) is 0 Å². The highest BCUT2D eigenvalue weighted by molar-refractivity contribution is 5.83.